The van der Waals surface area contributed by atoms with E-state index in [1.807, 2.05) is 41.3 Å². The van der Waals surface area contributed by atoms with Crippen molar-refractivity contribution in [1.29, 1.82) is 0 Å². The summed E-state index contributed by atoms with van der Waals surface area (Å²) in [6, 6.07) is 11.6. The molecular weight excluding hydrogens is 430 g/mol. The molecule has 32 heavy (non-hydrogen) atoms. The van der Waals surface area contributed by atoms with E-state index in [1.165, 1.54) is 0 Å². The van der Waals surface area contributed by atoms with Gasteiger partial charge in [-0.25, -0.2) is 0 Å². The minimum Gasteiger partial charge on any atom is -0.338 e. The highest BCUT2D eigenvalue weighted by Crippen LogP contribution is 2.36. The summed E-state index contributed by atoms with van der Waals surface area (Å²) in [6.07, 6.45) is 6.07. The lowest BCUT2D eigenvalue weighted by atomic mass is 9.96. The van der Waals surface area contributed by atoms with Gasteiger partial charge in [0, 0.05) is 47.7 Å². The molecular formula is C23H22ClN5O3. The molecule has 1 saturated heterocycles. The Morgan fingerprint density at radius 1 is 1.28 bits per heavy atom. The second kappa shape index (κ2) is 9.10. The van der Waals surface area contributed by atoms with Crippen molar-refractivity contribution < 1.29 is 14.6 Å². The van der Waals surface area contributed by atoms with Crippen LogP contribution in [-0.4, -0.2) is 51.1 Å². The van der Waals surface area contributed by atoms with E-state index in [1.54, 1.807) is 6.08 Å². The number of nitrogens with one attached hydrogen (secondary N) is 1. The largest absolute Gasteiger partial charge is 0.338 e. The highest BCUT2D eigenvalue weighted by atomic mass is 35.5. The number of rotatable bonds is 4. The van der Waals surface area contributed by atoms with Gasteiger partial charge in [0.1, 0.15) is 0 Å². The fourth-order valence-corrected chi connectivity index (χ4v) is 4.54. The van der Waals surface area contributed by atoms with Crippen molar-refractivity contribution >= 4 is 23.6 Å². The van der Waals surface area contributed by atoms with Gasteiger partial charge in [-0.3, -0.25) is 4.79 Å². The third-order valence-corrected chi connectivity index (χ3v) is 6.18. The smallest absolute Gasteiger partial charge is 0.246 e. The second-order valence-electron chi connectivity index (χ2n) is 7.91. The average Bonchev–Trinajstić information content (AvgIpc) is 3.37. The number of tetrazole rings is 1. The second-order valence-corrected chi connectivity index (χ2v) is 8.32. The lowest BCUT2D eigenvalue weighted by Crippen LogP contribution is -2.38. The number of piperidine rings is 1. The molecule has 0 aliphatic carbocycles. The number of carbonyl (C=O) groups is 1. The van der Waals surface area contributed by atoms with Gasteiger partial charge in [0.05, 0.1) is 6.61 Å². The quantitative estimate of drug-likeness (QED) is 0.479. The third-order valence-electron chi connectivity index (χ3n) is 5.86. The Kier molecular flexibility index (Phi) is 5.87. The van der Waals surface area contributed by atoms with Gasteiger partial charge in [0.15, 0.2) is 11.6 Å². The summed E-state index contributed by atoms with van der Waals surface area (Å²) in [7, 11) is 0. The summed E-state index contributed by atoms with van der Waals surface area (Å²) < 4.78 is 0. The van der Waals surface area contributed by atoms with Gasteiger partial charge in [-0.15, -0.1) is 10.2 Å². The molecule has 1 amide bonds. The number of aromatic amines is 1. The maximum absolute atomic E-state index is 12.9. The Balaban J connectivity index is 1.38. The molecule has 1 atom stereocenters. The normalized spacial score (nSPS) is 18.4. The zero-order valence-electron chi connectivity index (χ0n) is 17.3. The minimum absolute atomic E-state index is 0.0416. The predicted octanol–water partition coefficient (Wildman–Crippen LogP) is 3.81. The van der Waals surface area contributed by atoms with E-state index >= 15 is 0 Å². The molecule has 3 aromatic rings. The van der Waals surface area contributed by atoms with E-state index < -0.39 is 0 Å². The SMILES string of the molecule is O=C(/C=C/c1cccc(Cl)c1-c1ccc2c(c1)CCOO2)N1CCCC(c2nn[nH]n2)C1. The van der Waals surface area contributed by atoms with Crippen LogP contribution in [0.25, 0.3) is 17.2 Å². The van der Waals surface area contributed by atoms with Crippen molar-refractivity contribution in [1.82, 2.24) is 25.5 Å². The van der Waals surface area contributed by atoms with Crippen LogP contribution in [0.4, 0.5) is 0 Å². The molecule has 0 radical (unpaired) electrons. The molecule has 2 aromatic carbocycles. The monoisotopic (exact) mass is 451 g/mol. The van der Waals surface area contributed by atoms with Gasteiger partial charge in [-0.05, 0) is 48.2 Å². The van der Waals surface area contributed by atoms with Crippen LogP contribution in [0.3, 0.4) is 0 Å². The summed E-state index contributed by atoms with van der Waals surface area (Å²) in [4.78, 5) is 25.1. The highest BCUT2D eigenvalue weighted by Gasteiger charge is 2.26. The molecule has 5 rings (SSSR count). The first kappa shape index (κ1) is 20.7. The maximum Gasteiger partial charge on any atom is 0.246 e. The first-order chi connectivity index (χ1) is 15.7. The standard InChI is InChI=1S/C23H22ClN5O3/c24-19-5-1-3-15(22(19)17-6-8-20-16(13-17)10-12-31-32-20)7-9-21(30)29-11-2-4-18(14-29)23-25-27-28-26-23/h1,3,5-9,13,18H,2,4,10-12,14H2,(H,25,26,27,28)/b9-7+. The lowest BCUT2D eigenvalue weighted by molar-refractivity contribution is -0.215. The number of hydrogen-bond donors (Lipinski definition) is 1. The Morgan fingerprint density at radius 2 is 2.22 bits per heavy atom. The van der Waals surface area contributed by atoms with Crippen molar-refractivity contribution in [3.8, 4) is 16.9 Å². The third kappa shape index (κ3) is 4.24. The molecule has 0 spiro atoms. The molecule has 3 heterocycles. The molecule has 1 N–H and O–H groups in total. The van der Waals surface area contributed by atoms with Crippen molar-refractivity contribution in [3.05, 3.63) is 64.4 Å². The van der Waals surface area contributed by atoms with E-state index in [0.29, 0.717) is 30.5 Å². The number of halogens is 1. The summed E-state index contributed by atoms with van der Waals surface area (Å²) in [6.45, 7) is 1.81. The van der Waals surface area contributed by atoms with Crippen LogP contribution < -0.4 is 4.89 Å². The van der Waals surface area contributed by atoms with Crippen LogP contribution in [0, 0.1) is 0 Å². The maximum atomic E-state index is 12.9. The van der Waals surface area contributed by atoms with Crippen LogP contribution in [0.15, 0.2) is 42.5 Å². The Hall–Kier alpha value is -3.23. The molecule has 2 aliphatic heterocycles. The number of likely N-dealkylation sites (tertiary alicyclic amines) is 1. The number of hydrogen-bond acceptors (Lipinski definition) is 6. The van der Waals surface area contributed by atoms with Gasteiger partial charge in [0.2, 0.25) is 5.91 Å². The number of aromatic nitrogens is 4. The Bertz CT molecular complexity index is 1150. The van der Waals surface area contributed by atoms with Crippen molar-refractivity contribution in [2.24, 2.45) is 0 Å². The van der Waals surface area contributed by atoms with Gasteiger partial charge < -0.3 is 9.79 Å². The van der Waals surface area contributed by atoms with Crippen LogP contribution >= 0.6 is 11.6 Å². The van der Waals surface area contributed by atoms with Crippen LogP contribution in [-0.2, 0) is 16.1 Å². The van der Waals surface area contributed by atoms with Gasteiger partial charge in [-0.1, -0.05) is 35.0 Å². The first-order valence-corrected chi connectivity index (χ1v) is 11.0. The summed E-state index contributed by atoms with van der Waals surface area (Å²) in [5.41, 5.74) is 3.81. The molecule has 1 fully saturated rings. The Morgan fingerprint density at radius 3 is 3.09 bits per heavy atom. The average molecular weight is 452 g/mol. The number of nitrogens with zero attached hydrogens (tertiary/aromatic N) is 4. The van der Waals surface area contributed by atoms with E-state index in [-0.39, 0.29) is 11.8 Å². The summed E-state index contributed by atoms with van der Waals surface area (Å²) >= 11 is 6.58. The van der Waals surface area contributed by atoms with Crippen LogP contribution in [0.1, 0.15) is 35.7 Å². The molecule has 1 unspecified atom stereocenters. The molecule has 0 bridgehead atoms. The van der Waals surface area contributed by atoms with Crippen molar-refractivity contribution in [2.75, 3.05) is 19.7 Å². The van der Waals surface area contributed by atoms with Crippen molar-refractivity contribution in [3.63, 3.8) is 0 Å². The molecule has 1 aromatic heterocycles. The van der Waals surface area contributed by atoms with Crippen LogP contribution in [0.5, 0.6) is 5.75 Å². The van der Waals surface area contributed by atoms with E-state index in [0.717, 1.165) is 47.3 Å². The number of H-pyrrole nitrogens is 1. The minimum atomic E-state index is -0.0416. The zero-order chi connectivity index (χ0) is 21.9. The zero-order valence-corrected chi connectivity index (χ0v) is 18.1. The topological polar surface area (TPSA) is 93.2 Å². The Labute approximate surface area is 190 Å². The molecule has 0 saturated carbocycles. The fraction of sp³-hybridized carbons (Fsp3) is 0.304. The lowest BCUT2D eigenvalue weighted by Gasteiger charge is -2.30. The number of fused-ring (bicyclic) bond motifs is 1. The fourth-order valence-electron chi connectivity index (χ4n) is 4.25. The predicted molar refractivity (Wildman–Crippen MR) is 119 cm³/mol. The molecule has 9 heteroatoms. The number of carbonyl (C=O) groups excluding carboxylic acids is 1. The van der Waals surface area contributed by atoms with Gasteiger partial charge >= 0.3 is 0 Å². The number of benzene rings is 2. The van der Waals surface area contributed by atoms with Crippen LogP contribution in [0.2, 0.25) is 5.02 Å². The van der Waals surface area contributed by atoms with Crippen molar-refractivity contribution in [2.45, 2.75) is 25.2 Å². The molecule has 8 nitrogen and oxygen atoms in total. The summed E-state index contributed by atoms with van der Waals surface area (Å²) in [5, 5.41) is 14.9. The van der Waals surface area contributed by atoms with E-state index in [2.05, 4.69) is 26.7 Å². The van der Waals surface area contributed by atoms with Gasteiger partial charge in [0.25, 0.3) is 0 Å². The van der Waals surface area contributed by atoms with Gasteiger partial charge in [-0.2, -0.15) is 10.1 Å². The van der Waals surface area contributed by atoms with E-state index in [4.69, 9.17) is 21.4 Å². The summed E-state index contributed by atoms with van der Waals surface area (Å²) in [5.74, 6) is 1.44. The number of amides is 1. The highest BCUT2D eigenvalue weighted by molar-refractivity contribution is 6.33. The van der Waals surface area contributed by atoms with E-state index in [9.17, 15) is 4.79 Å². The first-order valence-electron chi connectivity index (χ1n) is 10.6. The molecule has 2 aliphatic rings. The molecule has 164 valence electrons.